The molecule has 9 nitrogen and oxygen atoms in total. The summed E-state index contributed by atoms with van der Waals surface area (Å²) in [7, 11) is 0. The maximum atomic E-state index is 11.5. The normalized spacial score (nSPS) is 9.83. The lowest BCUT2D eigenvalue weighted by Crippen LogP contribution is -2.39. The summed E-state index contributed by atoms with van der Waals surface area (Å²) in [6.07, 6.45) is 0.610. The van der Waals surface area contributed by atoms with Crippen LogP contribution in [0.2, 0.25) is 0 Å². The van der Waals surface area contributed by atoms with E-state index in [0.717, 1.165) is 0 Å². The van der Waals surface area contributed by atoms with Crippen LogP contribution in [0.25, 0.3) is 0 Å². The largest absolute Gasteiger partial charge is 0.480 e. The standard InChI is InChI=1S/C9H13N5O4/c1-2-5-12-8(14-13-5)9(18)11-3-6(15)10-4-7(16)17/h2-4H2,1H3,(H,10,15)(H,11,18)(H,16,17)(H,12,13,14). The van der Waals surface area contributed by atoms with Crippen molar-refractivity contribution < 1.29 is 19.5 Å². The van der Waals surface area contributed by atoms with Crippen LogP contribution in [0.4, 0.5) is 0 Å². The predicted octanol–water partition coefficient (Wildman–Crippen LogP) is -1.70. The Morgan fingerprint density at radius 3 is 2.56 bits per heavy atom. The van der Waals surface area contributed by atoms with E-state index < -0.39 is 24.3 Å². The van der Waals surface area contributed by atoms with Crippen molar-refractivity contribution >= 4 is 17.8 Å². The number of aliphatic carboxylic acids is 1. The molecule has 98 valence electrons. The summed E-state index contributed by atoms with van der Waals surface area (Å²) in [6, 6.07) is 0. The van der Waals surface area contributed by atoms with Gasteiger partial charge in [-0.2, -0.15) is 0 Å². The number of hydrogen-bond donors (Lipinski definition) is 4. The molecule has 0 fully saturated rings. The van der Waals surface area contributed by atoms with Crippen molar-refractivity contribution in [3.63, 3.8) is 0 Å². The molecular weight excluding hydrogens is 242 g/mol. The molecule has 0 aliphatic heterocycles. The SMILES string of the molecule is CCc1nc(C(=O)NCC(=O)NCC(=O)O)n[nH]1. The van der Waals surface area contributed by atoms with Crippen LogP contribution >= 0.6 is 0 Å². The van der Waals surface area contributed by atoms with Crippen molar-refractivity contribution in [2.75, 3.05) is 13.1 Å². The molecule has 4 N–H and O–H groups in total. The molecule has 0 radical (unpaired) electrons. The van der Waals surface area contributed by atoms with Crippen molar-refractivity contribution in [2.45, 2.75) is 13.3 Å². The molecule has 2 amide bonds. The van der Waals surface area contributed by atoms with E-state index in [1.165, 1.54) is 0 Å². The molecule has 1 heterocycles. The van der Waals surface area contributed by atoms with E-state index >= 15 is 0 Å². The Morgan fingerprint density at radius 2 is 2.00 bits per heavy atom. The molecule has 1 aromatic heterocycles. The summed E-state index contributed by atoms with van der Waals surface area (Å²) in [5.41, 5.74) is 0. The first-order valence-electron chi connectivity index (χ1n) is 5.21. The van der Waals surface area contributed by atoms with Crippen LogP contribution < -0.4 is 10.6 Å². The third-order valence-corrected chi connectivity index (χ3v) is 1.92. The van der Waals surface area contributed by atoms with Gasteiger partial charge in [-0.25, -0.2) is 4.98 Å². The molecule has 0 atom stereocenters. The van der Waals surface area contributed by atoms with Gasteiger partial charge in [0.2, 0.25) is 11.7 Å². The number of nitrogens with zero attached hydrogens (tertiary/aromatic N) is 2. The molecule has 0 unspecified atom stereocenters. The molecule has 0 bridgehead atoms. The summed E-state index contributed by atoms with van der Waals surface area (Å²) in [4.78, 5) is 36.6. The lowest BCUT2D eigenvalue weighted by atomic mass is 10.4. The smallest absolute Gasteiger partial charge is 0.322 e. The van der Waals surface area contributed by atoms with Gasteiger partial charge >= 0.3 is 5.97 Å². The minimum Gasteiger partial charge on any atom is -0.480 e. The zero-order valence-electron chi connectivity index (χ0n) is 9.69. The van der Waals surface area contributed by atoms with Crippen LogP contribution in [-0.4, -0.2) is 51.2 Å². The van der Waals surface area contributed by atoms with Gasteiger partial charge < -0.3 is 15.7 Å². The van der Waals surface area contributed by atoms with Crippen LogP contribution in [-0.2, 0) is 16.0 Å². The second-order valence-corrected chi connectivity index (χ2v) is 3.31. The van der Waals surface area contributed by atoms with Crippen molar-refractivity contribution in [1.82, 2.24) is 25.8 Å². The molecule has 1 aromatic rings. The van der Waals surface area contributed by atoms with Crippen molar-refractivity contribution in [1.29, 1.82) is 0 Å². The first-order valence-corrected chi connectivity index (χ1v) is 5.21. The first kappa shape index (κ1) is 13.6. The van der Waals surface area contributed by atoms with E-state index in [1.807, 2.05) is 6.92 Å². The van der Waals surface area contributed by atoms with Crippen LogP contribution in [0, 0.1) is 0 Å². The summed E-state index contributed by atoms with van der Waals surface area (Å²) >= 11 is 0. The Balaban J connectivity index is 2.36. The number of aromatic nitrogens is 3. The number of amides is 2. The zero-order valence-corrected chi connectivity index (χ0v) is 9.69. The molecule has 18 heavy (non-hydrogen) atoms. The average Bonchev–Trinajstić information content (AvgIpc) is 2.82. The predicted molar refractivity (Wildman–Crippen MR) is 58.7 cm³/mol. The minimum atomic E-state index is -1.16. The first-order chi connectivity index (χ1) is 8.52. The Kier molecular flexibility index (Phi) is 4.78. The fourth-order valence-electron chi connectivity index (χ4n) is 1.03. The van der Waals surface area contributed by atoms with Gasteiger partial charge in [-0.1, -0.05) is 6.92 Å². The Labute approximate surface area is 102 Å². The zero-order chi connectivity index (χ0) is 13.5. The van der Waals surface area contributed by atoms with Gasteiger partial charge in [-0.15, -0.1) is 5.10 Å². The molecule has 0 saturated heterocycles. The van der Waals surface area contributed by atoms with E-state index in [9.17, 15) is 14.4 Å². The Morgan fingerprint density at radius 1 is 1.28 bits per heavy atom. The number of nitrogens with one attached hydrogen (secondary N) is 3. The molecule has 0 saturated carbocycles. The number of H-pyrrole nitrogens is 1. The second kappa shape index (κ2) is 6.33. The number of hydrogen-bond acceptors (Lipinski definition) is 5. The third-order valence-electron chi connectivity index (χ3n) is 1.92. The topological polar surface area (TPSA) is 137 Å². The van der Waals surface area contributed by atoms with Crippen LogP contribution in [0.3, 0.4) is 0 Å². The number of carboxylic acid groups (broad SMARTS) is 1. The van der Waals surface area contributed by atoms with E-state index in [1.54, 1.807) is 0 Å². The van der Waals surface area contributed by atoms with Gasteiger partial charge in [-0.05, 0) is 0 Å². The fraction of sp³-hybridized carbons (Fsp3) is 0.444. The Bertz CT molecular complexity index is 456. The van der Waals surface area contributed by atoms with Crippen molar-refractivity contribution in [3.05, 3.63) is 11.6 Å². The van der Waals surface area contributed by atoms with E-state index in [0.29, 0.717) is 12.2 Å². The number of carboxylic acids is 1. The summed E-state index contributed by atoms with van der Waals surface area (Å²) < 4.78 is 0. The number of rotatable bonds is 6. The third kappa shape index (κ3) is 4.20. The molecule has 0 aromatic carbocycles. The molecule has 1 rings (SSSR count). The Hall–Kier alpha value is -2.45. The van der Waals surface area contributed by atoms with Crippen LogP contribution in [0.1, 0.15) is 23.4 Å². The monoisotopic (exact) mass is 255 g/mol. The highest BCUT2D eigenvalue weighted by Crippen LogP contribution is 1.92. The number of aryl methyl sites for hydroxylation is 1. The second-order valence-electron chi connectivity index (χ2n) is 3.31. The van der Waals surface area contributed by atoms with E-state index in [-0.39, 0.29) is 12.4 Å². The summed E-state index contributed by atoms with van der Waals surface area (Å²) in [5, 5.41) is 18.9. The number of aromatic amines is 1. The average molecular weight is 255 g/mol. The van der Waals surface area contributed by atoms with Crippen LogP contribution in [0.5, 0.6) is 0 Å². The maximum absolute atomic E-state index is 11.5. The van der Waals surface area contributed by atoms with Crippen molar-refractivity contribution in [2.24, 2.45) is 0 Å². The van der Waals surface area contributed by atoms with E-state index in [4.69, 9.17) is 5.11 Å². The summed E-state index contributed by atoms with van der Waals surface area (Å²) in [5.74, 6) is -1.85. The molecule has 0 aliphatic rings. The molecule has 0 aliphatic carbocycles. The highest BCUT2D eigenvalue weighted by molar-refractivity contribution is 5.93. The quantitative estimate of drug-likeness (QED) is 0.478. The van der Waals surface area contributed by atoms with Crippen LogP contribution in [0.15, 0.2) is 0 Å². The molecule has 9 heteroatoms. The van der Waals surface area contributed by atoms with E-state index in [2.05, 4.69) is 25.8 Å². The van der Waals surface area contributed by atoms with Gasteiger partial charge in [-0.3, -0.25) is 19.5 Å². The highest BCUT2D eigenvalue weighted by Gasteiger charge is 2.13. The molecule has 0 spiro atoms. The van der Waals surface area contributed by atoms with Gasteiger partial charge in [0.1, 0.15) is 12.4 Å². The van der Waals surface area contributed by atoms with Gasteiger partial charge in [0.15, 0.2) is 0 Å². The number of carbonyl (C=O) groups excluding carboxylic acids is 2. The minimum absolute atomic E-state index is 0.0575. The van der Waals surface area contributed by atoms with Gasteiger partial charge in [0, 0.05) is 6.42 Å². The lowest BCUT2D eigenvalue weighted by Gasteiger charge is -2.02. The highest BCUT2D eigenvalue weighted by atomic mass is 16.4. The molecular formula is C9H13N5O4. The van der Waals surface area contributed by atoms with Gasteiger partial charge in [0.05, 0.1) is 6.54 Å². The van der Waals surface area contributed by atoms with Crippen molar-refractivity contribution in [3.8, 4) is 0 Å². The number of carbonyl (C=O) groups is 3. The lowest BCUT2D eigenvalue weighted by molar-refractivity contribution is -0.137. The van der Waals surface area contributed by atoms with Gasteiger partial charge in [0.25, 0.3) is 5.91 Å². The maximum Gasteiger partial charge on any atom is 0.322 e. The fourth-order valence-corrected chi connectivity index (χ4v) is 1.03. The summed E-state index contributed by atoms with van der Waals surface area (Å²) in [6.45, 7) is 1.03.